The van der Waals surface area contributed by atoms with E-state index in [1.807, 2.05) is 0 Å². The predicted molar refractivity (Wildman–Crippen MR) is 68.1 cm³/mol. The third-order valence-electron chi connectivity index (χ3n) is 3.18. The van der Waals surface area contributed by atoms with Gasteiger partial charge in [-0.3, -0.25) is 0 Å². The lowest BCUT2D eigenvalue weighted by Crippen LogP contribution is -2.22. The van der Waals surface area contributed by atoms with Crippen molar-refractivity contribution in [3.05, 3.63) is 11.1 Å². The summed E-state index contributed by atoms with van der Waals surface area (Å²) in [5.41, 5.74) is 1.18. The van der Waals surface area contributed by atoms with Crippen LogP contribution in [-0.4, -0.2) is 24.2 Å². The minimum absolute atomic E-state index is 0.443. The van der Waals surface area contributed by atoms with E-state index in [4.69, 9.17) is 4.74 Å². The van der Waals surface area contributed by atoms with Crippen LogP contribution in [0, 0.1) is 5.92 Å². The monoisotopic (exact) mass is 240 g/mol. The summed E-state index contributed by atoms with van der Waals surface area (Å²) in [5, 5.41) is 6.62. The van der Waals surface area contributed by atoms with Crippen molar-refractivity contribution < 1.29 is 4.74 Å². The predicted octanol–water partition coefficient (Wildman–Crippen LogP) is 2.93. The summed E-state index contributed by atoms with van der Waals surface area (Å²) in [4.78, 5) is 4.51. The number of aromatic nitrogens is 1. The maximum Gasteiger partial charge on any atom is 0.182 e. The molecule has 1 N–H and O–H groups in total. The summed E-state index contributed by atoms with van der Waals surface area (Å²) in [7, 11) is 0. The first-order valence-corrected chi connectivity index (χ1v) is 7.01. The van der Waals surface area contributed by atoms with Gasteiger partial charge in [0.25, 0.3) is 0 Å². The van der Waals surface area contributed by atoms with Crippen LogP contribution in [0.4, 0.5) is 5.13 Å². The van der Waals surface area contributed by atoms with Crippen molar-refractivity contribution in [3.63, 3.8) is 0 Å². The molecule has 0 spiro atoms. The number of anilines is 1. The normalized spacial score (nSPS) is 24.9. The summed E-state index contributed by atoms with van der Waals surface area (Å²) in [6.45, 7) is 6.25. The van der Waals surface area contributed by atoms with Gasteiger partial charge in [0.1, 0.15) is 0 Å². The van der Waals surface area contributed by atoms with Gasteiger partial charge in [-0.1, -0.05) is 13.8 Å². The molecule has 1 aromatic rings. The molecule has 2 atom stereocenters. The Balaban J connectivity index is 1.82. The number of nitrogens with one attached hydrogen (secondary N) is 1. The highest BCUT2D eigenvalue weighted by atomic mass is 32.1. The van der Waals surface area contributed by atoms with Gasteiger partial charge in [0.2, 0.25) is 0 Å². The van der Waals surface area contributed by atoms with Crippen LogP contribution in [-0.2, 0) is 11.2 Å². The SMILES string of the molecule is CCc1csc(NCC2CCOC2CC)n1. The van der Waals surface area contributed by atoms with Gasteiger partial charge in [-0.15, -0.1) is 11.3 Å². The van der Waals surface area contributed by atoms with Crippen LogP contribution < -0.4 is 5.32 Å². The summed E-state index contributed by atoms with van der Waals surface area (Å²) in [6, 6.07) is 0. The van der Waals surface area contributed by atoms with Crippen molar-refractivity contribution >= 4 is 16.5 Å². The number of ether oxygens (including phenoxy) is 1. The van der Waals surface area contributed by atoms with Gasteiger partial charge in [-0.2, -0.15) is 0 Å². The summed E-state index contributed by atoms with van der Waals surface area (Å²) in [5.74, 6) is 0.652. The van der Waals surface area contributed by atoms with Gasteiger partial charge in [0.05, 0.1) is 11.8 Å². The van der Waals surface area contributed by atoms with Gasteiger partial charge in [0, 0.05) is 24.4 Å². The van der Waals surface area contributed by atoms with E-state index < -0.39 is 0 Å². The molecule has 0 radical (unpaired) electrons. The molecule has 1 aliphatic rings. The van der Waals surface area contributed by atoms with E-state index in [0.717, 1.165) is 31.1 Å². The molecule has 1 saturated heterocycles. The van der Waals surface area contributed by atoms with E-state index in [9.17, 15) is 0 Å². The van der Waals surface area contributed by atoms with Crippen molar-refractivity contribution in [2.24, 2.45) is 5.92 Å². The Morgan fingerprint density at radius 3 is 3.12 bits per heavy atom. The van der Waals surface area contributed by atoms with E-state index in [2.05, 4.69) is 29.5 Å². The average molecular weight is 240 g/mol. The molecule has 1 aromatic heterocycles. The second-order valence-corrected chi connectivity index (χ2v) is 5.10. The zero-order chi connectivity index (χ0) is 11.4. The maximum atomic E-state index is 5.67. The minimum atomic E-state index is 0.443. The van der Waals surface area contributed by atoms with Crippen LogP contribution in [0.25, 0.3) is 0 Å². The van der Waals surface area contributed by atoms with E-state index >= 15 is 0 Å². The quantitative estimate of drug-likeness (QED) is 0.859. The Bertz CT molecular complexity index is 327. The van der Waals surface area contributed by atoms with Crippen molar-refractivity contribution in [2.45, 2.75) is 39.2 Å². The van der Waals surface area contributed by atoms with Crippen LogP contribution in [0.15, 0.2) is 5.38 Å². The second kappa shape index (κ2) is 5.64. The lowest BCUT2D eigenvalue weighted by atomic mass is 10.00. The number of rotatable bonds is 5. The fraction of sp³-hybridized carbons (Fsp3) is 0.750. The van der Waals surface area contributed by atoms with Crippen LogP contribution in [0.1, 0.15) is 32.4 Å². The molecule has 4 heteroatoms. The van der Waals surface area contributed by atoms with E-state index in [1.54, 1.807) is 11.3 Å². The Labute approximate surface area is 101 Å². The highest BCUT2D eigenvalue weighted by Crippen LogP contribution is 2.24. The van der Waals surface area contributed by atoms with Crippen LogP contribution in [0.2, 0.25) is 0 Å². The number of hydrogen-bond donors (Lipinski definition) is 1. The molecule has 90 valence electrons. The standard InChI is InChI=1S/C12H20N2OS/c1-3-10-8-16-12(14-10)13-7-9-5-6-15-11(9)4-2/h8-9,11H,3-7H2,1-2H3,(H,13,14). The number of aryl methyl sites for hydroxylation is 1. The smallest absolute Gasteiger partial charge is 0.182 e. The van der Waals surface area contributed by atoms with Gasteiger partial charge in [-0.05, 0) is 19.3 Å². The highest BCUT2D eigenvalue weighted by molar-refractivity contribution is 7.13. The molecule has 0 saturated carbocycles. The first kappa shape index (κ1) is 11.9. The fourth-order valence-electron chi connectivity index (χ4n) is 2.15. The zero-order valence-electron chi connectivity index (χ0n) is 10.0. The van der Waals surface area contributed by atoms with Gasteiger partial charge < -0.3 is 10.1 Å². The summed E-state index contributed by atoms with van der Waals surface area (Å²) >= 11 is 1.70. The van der Waals surface area contributed by atoms with Crippen LogP contribution in [0.5, 0.6) is 0 Å². The minimum Gasteiger partial charge on any atom is -0.378 e. The van der Waals surface area contributed by atoms with E-state index in [-0.39, 0.29) is 0 Å². The van der Waals surface area contributed by atoms with Gasteiger partial charge >= 0.3 is 0 Å². The molecule has 0 aliphatic carbocycles. The van der Waals surface area contributed by atoms with Crippen molar-refractivity contribution in [3.8, 4) is 0 Å². The molecule has 2 rings (SSSR count). The largest absolute Gasteiger partial charge is 0.378 e. The Kier molecular flexibility index (Phi) is 4.18. The number of nitrogens with zero attached hydrogens (tertiary/aromatic N) is 1. The molecule has 0 aromatic carbocycles. The third kappa shape index (κ3) is 2.74. The molecular weight excluding hydrogens is 220 g/mol. The average Bonchev–Trinajstić information content (AvgIpc) is 2.94. The number of hydrogen-bond acceptors (Lipinski definition) is 4. The van der Waals surface area contributed by atoms with Crippen molar-refractivity contribution in [1.82, 2.24) is 4.98 Å². The zero-order valence-corrected chi connectivity index (χ0v) is 10.8. The summed E-state index contributed by atoms with van der Waals surface area (Å²) in [6.07, 6.45) is 3.75. The van der Waals surface area contributed by atoms with Crippen LogP contribution >= 0.6 is 11.3 Å². The Hall–Kier alpha value is -0.610. The van der Waals surface area contributed by atoms with Gasteiger partial charge in [-0.25, -0.2) is 4.98 Å². The molecule has 0 amide bonds. The Morgan fingerprint density at radius 1 is 1.56 bits per heavy atom. The molecule has 1 aliphatic heterocycles. The Morgan fingerprint density at radius 2 is 2.44 bits per heavy atom. The maximum absolute atomic E-state index is 5.67. The first-order valence-electron chi connectivity index (χ1n) is 6.13. The number of thiazole rings is 1. The molecule has 2 heterocycles. The van der Waals surface area contributed by atoms with Crippen molar-refractivity contribution in [2.75, 3.05) is 18.5 Å². The topological polar surface area (TPSA) is 34.1 Å². The molecular formula is C12H20N2OS. The fourth-order valence-corrected chi connectivity index (χ4v) is 2.95. The second-order valence-electron chi connectivity index (χ2n) is 4.24. The van der Waals surface area contributed by atoms with Crippen molar-refractivity contribution in [1.29, 1.82) is 0 Å². The van der Waals surface area contributed by atoms with E-state index in [0.29, 0.717) is 12.0 Å². The first-order chi connectivity index (χ1) is 7.83. The molecule has 0 bridgehead atoms. The molecule has 3 nitrogen and oxygen atoms in total. The van der Waals surface area contributed by atoms with Gasteiger partial charge in [0.15, 0.2) is 5.13 Å². The third-order valence-corrected chi connectivity index (χ3v) is 4.03. The molecule has 16 heavy (non-hydrogen) atoms. The lowest BCUT2D eigenvalue weighted by Gasteiger charge is -2.16. The molecule has 2 unspecified atom stereocenters. The highest BCUT2D eigenvalue weighted by Gasteiger charge is 2.26. The van der Waals surface area contributed by atoms with E-state index in [1.165, 1.54) is 12.1 Å². The molecule has 1 fully saturated rings. The summed E-state index contributed by atoms with van der Waals surface area (Å²) < 4.78 is 5.67. The lowest BCUT2D eigenvalue weighted by molar-refractivity contribution is 0.0900. The van der Waals surface area contributed by atoms with Crippen LogP contribution in [0.3, 0.4) is 0 Å².